The van der Waals surface area contributed by atoms with Gasteiger partial charge in [0, 0.05) is 10.6 Å². The predicted octanol–water partition coefficient (Wildman–Crippen LogP) is 5.95. The van der Waals surface area contributed by atoms with Crippen molar-refractivity contribution in [1.29, 1.82) is 0 Å². The third-order valence-electron chi connectivity index (χ3n) is 5.92. The van der Waals surface area contributed by atoms with E-state index in [1.807, 2.05) is 0 Å². The number of hydrogen-bond acceptors (Lipinski definition) is 8. The van der Waals surface area contributed by atoms with Gasteiger partial charge in [-0.2, -0.15) is 0 Å². The highest BCUT2D eigenvalue weighted by Gasteiger charge is 2.48. The number of aromatic nitrogens is 1. The van der Waals surface area contributed by atoms with E-state index in [1.54, 1.807) is 62.4 Å². The summed E-state index contributed by atoms with van der Waals surface area (Å²) in [4.78, 5) is 45.2. The lowest BCUT2D eigenvalue weighted by atomic mass is 9.95. The van der Waals surface area contributed by atoms with Gasteiger partial charge in [0.1, 0.15) is 29.6 Å². The molecule has 1 N–H and O–H groups in total. The molecule has 1 aliphatic rings. The van der Waals surface area contributed by atoms with E-state index in [-0.39, 0.29) is 27.9 Å². The number of hydrogen-bond donors (Lipinski definition) is 1. The summed E-state index contributed by atoms with van der Waals surface area (Å²) >= 11 is 7.18. The molecule has 1 aliphatic heterocycles. The van der Waals surface area contributed by atoms with Gasteiger partial charge in [-0.15, -0.1) is 0 Å². The van der Waals surface area contributed by atoms with Crippen LogP contribution in [0.3, 0.4) is 0 Å². The van der Waals surface area contributed by atoms with E-state index in [2.05, 4.69) is 18.1 Å². The molecule has 8 nitrogen and oxygen atoms in total. The van der Waals surface area contributed by atoms with Crippen molar-refractivity contribution in [2.24, 2.45) is 0 Å². The molecular weight excluding hydrogens is 540 g/mol. The van der Waals surface area contributed by atoms with Crippen LogP contribution in [0.5, 0.6) is 5.75 Å². The molecule has 2 aromatic carbocycles. The van der Waals surface area contributed by atoms with E-state index >= 15 is 0 Å². The summed E-state index contributed by atoms with van der Waals surface area (Å²) in [5.74, 6) is -2.19. The van der Waals surface area contributed by atoms with Gasteiger partial charge in [0.2, 0.25) is 0 Å². The Bertz CT molecular complexity index is 1530. The molecule has 0 unspecified atom stereocenters. The first-order valence-electron chi connectivity index (χ1n) is 11.8. The Morgan fingerprint density at radius 1 is 1.15 bits per heavy atom. The zero-order chi connectivity index (χ0) is 28.3. The number of ether oxygens (including phenoxy) is 2. The van der Waals surface area contributed by atoms with Crippen LogP contribution in [-0.2, 0) is 14.3 Å². The van der Waals surface area contributed by atoms with Gasteiger partial charge >= 0.3 is 11.9 Å². The second-order valence-corrected chi connectivity index (χ2v) is 10.0. The Labute approximate surface area is 234 Å². The van der Waals surface area contributed by atoms with Crippen LogP contribution in [0.4, 0.5) is 5.13 Å². The Morgan fingerprint density at radius 2 is 1.90 bits per heavy atom. The van der Waals surface area contributed by atoms with Crippen molar-refractivity contribution in [2.45, 2.75) is 19.9 Å². The van der Waals surface area contributed by atoms with Gasteiger partial charge in [-0.3, -0.25) is 14.5 Å². The summed E-state index contributed by atoms with van der Waals surface area (Å²) in [5, 5.41) is 11.9. The van der Waals surface area contributed by atoms with Crippen LogP contribution in [0.1, 0.15) is 38.1 Å². The minimum atomic E-state index is -1.05. The van der Waals surface area contributed by atoms with Crippen molar-refractivity contribution < 1.29 is 29.0 Å². The van der Waals surface area contributed by atoms with Gasteiger partial charge in [-0.05, 0) is 55.3 Å². The number of amides is 1. The molecule has 1 atom stereocenters. The van der Waals surface area contributed by atoms with Gasteiger partial charge < -0.3 is 14.6 Å². The molecule has 4 rings (SSSR count). The van der Waals surface area contributed by atoms with Crippen molar-refractivity contribution >= 4 is 51.5 Å². The molecule has 0 radical (unpaired) electrons. The Hall–Kier alpha value is -4.21. The smallest absolute Gasteiger partial charge is 0.350 e. The number of anilines is 1. The van der Waals surface area contributed by atoms with Crippen molar-refractivity contribution in [1.82, 2.24) is 4.98 Å². The summed E-state index contributed by atoms with van der Waals surface area (Å²) in [7, 11) is 0. The lowest BCUT2D eigenvalue weighted by Crippen LogP contribution is -2.29. The minimum absolute atomic E-state index is 0.00930. The fourth-order valence-corrected chi connectivity index (χ4v) is 5.35. The monoisotopic (exact) mass is 564 g/mol. The van der Waals surface area contributed by atoms with Gasteiger partial charge in [0.05, 0.1) is 17.3 Å². The number of nitrogens with zero attached hydrogens (tertiary/aromatic N) is 2. The second-order valence-electron chi connectivity index (χ2n) is 8.60. The number of halogens is 1. The summed E-state index contributed by atoms with van der Waals surface area (Å²) in [5.41, 5.74) is 1.72. The largest absolute Gasteiger partial charge is 0.507 e. The van der Waals surface area contributed by atoms with E-state index in [1.165, 1.54) is 11.0 Å². The number of aliphatic hydroxyl groups excluding tert-OH is 1. The van der Waals surface area contributed by atoms with E-state index in [0.717, 1.165) is 11.3 Å². The van der Waals surface area contributed by atoms with Gasteiger partial charge in [-0.1, -0.05) is 60.4 Å². The number of carbonyl (C=O) groups excluding carboxylic acids is 3. The molecule has 10 heteroatoms. The highest BCUT2D eigenvalue weighted by Crippen LogP contribution is 2.44. The molecule has 39 heavy (non-hydrogen) atoms. The van der Waals surface area contributed by atoms with Crippen molar-refractivity contribution in [3.63, 3.8) is 0 Å². The predicted molar refractivity (Wildman–Crippen MR) is 150 cm³/mol. The van der Waals surface area contributed by atoms with Crippen LogP contribution in [0.15, 0.2) is 73.3 Å². The average molecular weight is 565 g/mol. The zero-order valence-corrected chi connectivity index (χ0v) is 22.8. The fraction of sp³-hybridized carbons (Fsp3) is 0.172. The van der Waals surface area contributed by atoms with Gasteiger partial charge in [0.15, 0.2) is 5.13 Å². The maximum Gasteiger partial charge on any atom is 0.350 e. The summed E-state index contributed by atoms with van der Waals surface area (Å²) in [6.07, 6.45) is 3.05. The third kappa shape index (κ3) is 5.50. The molecule has 0 aliphatic carbocycles. The first kappa shape index (κ1) is 27.8. The molecular formula is C29H25ClN2O6S. The molecule has 1 saturated heterocycles. The van der Waals surface area contributed by atoms with E-state index in [9.17, 15) is 19.5 Å². The van der Waals surface area contributed by atoms with Crippen molar-refractivity contribution in [3.05, 3.63) is 106 Å². The number of esters is 1. The quantitative estimate of drug-likeness (QED) is 0.113. The first-order chi connectivity index (χ1) is 18.7. The highest BCUT2D eigenvalue weighted by atomic mass is 35.5. The van der Waals surface area contributed by atoms with Crippen LogP contribution in [0, 0.1) is 13.8 Å². The third-order valence-corrected chi connectivity index (χ3v) is 7.29. The van der Waals surface area contributed by atoms with Crippen LogP contribution < -0.4 is 9.64 Å². The Kier molecular flexibility index (Phi) is 8.32. The molecule has 2 heterocycles. The fourth-order valence-electron chi connectivity index (χ4n) is 4.16. The maximum atomic E-state index is 13.4. The maximum absolute atomic E-state index is 13.4. The highest BCUT2D eigenvalue weighted by molar-refractivity contribution is 7.17. The Morgan fingerprint density at radius 3 is 2.56 bits per heavy atom. The topological polar surface area (TPSA) is 106 Å². The van der Waals surface area contributed by atoms with Gasteiger partial charge in [-0.25, -0.2) is 9.78 Å². The molecule has 1 aromatic heterocycles. The zero-order valence-electron chi connectivity index (χ0n) is 21.3. The van der Waals surface area contributed by atoms with Crippen LogP contribution in [-0.4, -0.2) is 41.0 Å². The Balaban J connectivity index is 1.86. The number of aryl methyl sites for hydroxylation is 2. The lowest BCUT2D eigenvalue weighted by molar-refractivity contribution is -0.132. The molecule has 0 spiro atoms. The minimum Gasteiger partial charge on any atom is -0.507 e. The molecule has 0 bridgehead atoms. The van der Waals surface area contributed by atoms with Crippen molar-refractivity contribution in [2.75, 3.05) is 18.1 Å². The normalized spacial score (nSPS) is 16.3. The van der Waals surface area contributed by atoms with Crippen LogP contribution >= 0.6 is 22.9 Å². The number of thiazole rings is 1. The van der Waals surface area contributed by atoms with Crippen LogP contribution in [0.2, 0.25) is 5.02 Å². The molecule has 3 aromatic rings. The summed E-state index contributed by atoms with van der Waals surface area (Å²) < 4.78 is 10.7. The molecule has 1 amide bonds. The number of carbonyl (C=O) groups is 3. The lowest BCUT2D eigenvalue weighted by Gasteiger charge is -2.23. The number of aliphatic hydroxyl groups is 1. The van der Waals surface area contributed by atoms with Crippen LogP contribution in [0.25, 0.3) is 5.76 Å². The van der Waals surface area contributed by atoms with Gasteiger partial charge in [0.25, 0.3) is 5.78 Å². The standard InChI is InChI=1S/C29H25ClN2O6S/c1-5-12-37-21-11-10-19(14-16(21)3)24(33)22-23(18-8-7-9-20(30)15-18)32(27(35)25(22)34)29-31-17(4)26(39-29)28(36)38-13-6-2/h5-11,14-15,23,33H,1-2,12-13H2,3-4H3/t23-/m0/s1. The van der Waals surface area contributed by atoms with E-state index in [0.29, 0.717) is 39.8 Å². The summed E-state index contributed by atoms with van der Waals surface area (Å²) in [6, 6.07) is 10.5. The number of ketones is 1. The van der Waals surface area contributed by atoms with E-state index in [4.69, 9.17) is 21.1 Å². The molecule has 1 fully saturated rings. The van der Waals surface area contributed by atoms with Crippen molar-refractivity contribution in [3.8, 4) is 5.75 Å². The average Bonchev–Trinajstić information content (AvgIpc) is 3.42. The molecule has 200 valence electrons. The number of benzene rings is 2. The SMILES string of the molecule is C=CCOC(=O)c1sc(N2C(=O)C(=O)C(=C(O)c3ccc(OCC=C)c(C)c3)[C@@H]2c2cccc(Cl)c2)nc1C. The number of Topliss-reactive ketones (excluding diaryl/α,β-unsaturated/α-hetero) is 1. The summed E-state index contributed by atoms with van der Waals surface area (Å²) in [6.45, 7) is 10.9. The first-order valence-corrected chi connectivity index (χ1v) is 13.0. The number of rotatable bonds is 9. The van der Waals surface area contributed by atoms with E-state index < -0.39 is 23.7 Å². The molecule has 0 saturated carbocycles. The second kappa shape index (κ2) is 11.7.